The van der Waals surface area contributed by atoms with E-state index in [9.17, 15) is 27.9 Å². The van der Waals surface area contributed by atoms with Crippen molar-refractivity contribution in [3.8, 4) is 0 Å². The van der Waals surface area contributed by atoms with Gasteiger partial charge in [-0.2, -0.15) is 8.78 Å². The number of aromatic nitrogens is 3. The van der Waals surface area contributed by atoms with E-state index in [1.165, 1.54) is 19.2 Å². The number of carbonyl (C=O) groups excluding carboxylic acids is 1. The molecule has 0 spiro atoms. The minimum absolute atomic E-state index is 0.197. The summed E-state index contributed by atoms with van der Waals surface area (Å²) in [6, 6.07) is 29.0. The van der Waals surface area contributed by atoms with Crippen LogP contribution in [0.15, 0.2) is 109 Å². The maximum Gasteiger partial charge on any atom is 0.399 e. The molecule has 1 heterocycles. The van der Waals surface area contributed by atoms with Gasteiger partial charge in [0.05, 0.1) is 24.2 Å². The molecule has 2 N–H and O–H groups in total. The lowest BCUT2D eigenvalue weighted by Gasteiger charge is -2.28. The number of esters is 1. The van der Waals surface area contributed by atoms with Gasteiger partial charge in [0.25, 0.3) is 0 Å². The Morgan fingerprint density at radius 2 is 1.61 bits per heavy atom. The second-order valence-electron chi connectivity index (χ2n) is 10.4. The first-order valence-electron chi connectivity index (χ1n) is 13.8. The zero-order valence-corrected chi connectivity index (χ0v) is 24.6. The van der Waals surface area contributed by atoms with Crippen LogP contribution in [-0.2, 0) is 21.4 Å². The van der Waals surface area contributed by atoms with Crippen LogP contribution < -0.4 is 0 Å². The molecule has 0 saturated heterocycles. The Morgan fingerprint density at radius 1 is 0.955 bits per heavy atom. The van der Waals surface area contributed by atoms with Gasteiger partial charge in [-0.15, -0.1) is 5.10 Å². The first-order chi connectivity index (χ1) is 21.1. The zero-order valence-electron chi connectivity index (χ0n) is 23.7. The molecule has 0 fully saturated rings. The Hall–Kier alpha value is -4.50. The van der Waals surface area contributed by atoms with Crippen LogP contribution in [0.1, 0.15) is 45.1 Å². The molecule has 2 atom stereocenters. The summed E-state index contributed by atoms with van der Waals surface area (Å²) in [6.45, 7) is 0. The summed E-state index contributed by atoms with van der Waals surface area (Å²) in [5, 5.41) is 8.88. The van der Waals surface area contributed by atoms with Crippen LogP contribution in [0.2, 0.25) is 0 Å². The lowest BCUT2D eigenvalue weighted by Crippen LogP contribution is -2.24. The van der Waals surface area contributed by atoms with Gasteiger partial charge in [-0.3, -0.25) is 4.57 Å². The van der Waals surface area contributed by atoms with Crippen LogP contribution >= 0.6 is 7.60 Å². The van der Waals surface area contributed by atoms with Crippen molar-refractivity contribution in [1.82, 2.24) is 15.0 Å². The summed E-state index contributed by atoms with van der Waals surface area (Å²) < 4.78 is 46.8. The molecule has 0 aliphatic rings. The van der Waals surface area contributed by atoms with E-state index in [0.717, 1.165) is 28.8 Å². The second-order valence-corrected chi connectivity index (χ2v) is 12.0. The standard InChI is InChI=1S/C33H30F2N3O5P/c1-43-32(39)26-18-16-25(17-19-26)31(38-30-13-6-5-12-29(30)36-37-38)27(11-7-10-23-8-3-2-4-9-23)22-24-14-20-28(21-15-24)33(34,35)44(40,41)42/h2-10,12-21,27,31H,11,22H2,1H3,(H2,40,41,42)/b10-7+. The molecular weight excluding hydrogens is 587 g/mol. The first kappa shape index (κ1) is 30.9. The van der Waals surface area contributed by atoms with Crippen LogP contribution in [0.4, 0.5) is 8.78 Å². The van der Waals surface area contributed by atoms with E-state index in [1.54, 1.807) is 12.1 Å². The van der Waals surface area contributed by atoms with Gasteiger partial charge in [0.2, 0.25) is 0 Å². The fourth-order valence-electron chi connectivity index (χ4n) is 5.22. The van der Waals surface area contributed by atoms with Gasteiger partial charge in [0.15, 0.2) is 0 Å². The molecular formula is C33H30F2N3O5P. The molecule has 1 aromatic heterocycles. The maximum absolute atomic E-state index is 14.4. The third-order valence-corrected chi connectivity index (χ3v) is 8.46. The molecule has 5 aromatic rings. The summed E-state index contributed by atoms with van der Waals surface area (Å²) >= 11 is 0. The number of alkyl halides is 2. The van der Waals surface area contributed by atoms with E-state index in [0.29, 0.717) is 29.5 Å². The number of nitrogens with zero attached hydrogens (tertiary/aromatic N) is 3. The third-order valence-electron chi connectivity index (χ3n) is 7.47. The van der Waals surface area contributed by atoms with E-state index in [1.807, 2.05) is 83.6 Å². The van der Waals surface area contributed by atoms with Crippen molar-refractivity contribution in [2.45, 2.75) is 24.5 Å². The molecule has 0 aliphatic heterocycles. The number of para-hydroxylation sites is 1. The molecule has 0 bridgehead atoms. The molecule has 0 radical (unpaired) electrons. The van der Waals surface area contributed by atoms with Crippen molar-refractivity contribution in [1.29, 1.82) is 0 Å². The van der Waals surface area contributed by atoms with Gasteiger partial charge >= 0.3 is 19.2 Å². The molecule has 0 amide bonds. The number of benzene rings is 4. The summed E-state index contributed by atoms with van der Waals surface area (Å²) in [5.41, 5.74) is -0.625. The molecule has 2 unspecified atom stereocenters. The van der Waals surface area contributed by atoms with E-state index in [-0.39, 0.29) is 5.92 Å². The summed E-state index contributed by atoms with van der Waals surface area (Å²) in [6.07, 6.45) is 5.00. The van der Waals surface area contributed by atoms with Crippen molar-refractivity contribution < 1.29 is 32.7 Å². The normalized spacial score (nSPS) is 13.7. The largest absolute Gasteiger partial charge is 0.465 e. The van der Waals surface area contributed by atoms with Crippen LogP contribution in [-0.4, -0.2) is 37.9 Å². The number of hydrogen-bond acceptors (Lipinski definition) is 5. The highest BCUT2D eigenvalue weighted by atomic mass is 31.2. The average molecular weight is 618 g/mol. The number of hydrogen-bond donors (Lipinski definition) is 2. The van der Waals surface area contributed by atoms with Crippen molar-refractivity contribution in [3.05, 3.63) is 137 Å². The van der Waals surface area contributed by atoms with Gasteiger partial charge < -0.3 is 14.5 Å². The van der Waals surface area contributed by atoms with Gasteiger partial charge in [-0.25, -0.2) is 9.48 Å². The monoisotopic (exact) mass is 617 g/mol. The number of ether oxygens (including phenoxy) is 1. The highest BCUT2D eigenvalue weighted by Gasteiger charge is 2.50. The highest BCUT2D eigenvalue weighted by molar-refractivity contribution is 7.52. The van der Waals surface area contributed by atoms with Crippen molar-refractivity contribution in [2.24, 2.45) is 5.92 Å². The number of fused-ring (bicyclic) bond motifs is 1. The number of allylic oxidation sites excluding steroid dienone is 1. The lowest BCUT2D eigenvalue weighted by atomic mass is 9.84. The zero-order chi connectivity index (χ0) is 31.3. The predicted octanol–water partition coefficient (Wildman–Crippen LogP) is 7.00. The Balaban J connectivity index is 1.58. The smallest absolute Gasteiger partial charge is 0.399 e. The van der Waals surface area contributed by atoms with E-state index < -0.39 is 30.8 Å². The molecule has 5 rings (SSSR count). The summed E-state index contributed by atoms with van der Waals surface area (Å²) in [7, 11) is -4.38. The molecule has 0 saturated carbocycles. The topological polar surface area (TPSA) is 115 Å². The maximum atomic E-state index is 14.4. The number of methoxy groups -OCH3 is 1. The predicted molar refractivity (Wildman–Crippen MR) is 163 cm³/mol. The van der Waals surface area contributed by atoms with E-state index in [2.05, 4.69) is 10.3 Å². The number of carbonyl (C=O) groups is 1. The molecule has 0 aliphatic carbocycles. The number of halogens is 2. The quantitative estimate of drug-likeness (QED) is 0.121. The molecule has 226 valence electrons. The van der Waals surface area contributed by atoms with Crippen molar-refractivity contribution >= 4 is 30.7 Å². The van der Waals surface area contributed by atoms with Gasteiger partial charge in [-0.05, 0) is 59.7 Å². The van der Waals surface area contributed by atoms with E-state index in [4.69, 9.17) is 4.74 Å². The van der Waals surface area contributed by atoms with Gasteiger partial charge in [0, 0.05) is 5.56 Å². The molecule has 8 nitrogen and oxygen atoms in total. The van der Waals surface area contributed by atoms with Crippen molar-refractivity contribution in [3.63, 3.8) is 0 Å². The Kier molecular flexibility index (Phi) is 9.15. The van der Waals surface area contributed by atoms with Crippen LogP contribution in [0.5, 0.6) is 0 Å². The van der Waals surface area contributed by atoms with Crippen LogP contribution in [0.25, 0.3) is 17.1 Å². The molecule has 4 aromatic carbocycles. The second kappa shape index (κ2) is 13.0. The third kappa shape index (κ3) is 6.68. The van der Waals surface area contributed by atoms with Gasteiger partial charge in [0.1, 0.15) is 5.52 Å². The SMILES string of the molecule is COC(=O)c1ccc(C(C(C/C=C/c2ccccc2)Cc2ccc(C(F)(F)P(=O)(O)O)cc2)n2nnc3ccccc32)cc1. The first-order valence-corrected chi connectivity index (χ1v) is 15.4. The van der Waals surface area contributed by atoms with E-state index >= 15 is 0 Å². The lowest BCUT2D eigenvalue weighted by molar-refractivity contribution is 0.0564. The van der Waals surface area contributed by atoms with Crippen LogP contribution in [0, 0.1) is 5.92 Å². The average Bonchev–Trinajstić information content (AvgIpc) is 3.45. The Labute approximate surface area is 252 Å². The summed E-state index contributed by atoms with van der Waals surface area (Å²) in [4.78, 5) is 30.5. The minimum Gasteiger partial charge on any atom is -0.465 e. The Morgan fingerprint density at radius 3 is 2.27 bits per heavy atom. The van der Waals surface area contributed by atoms with Crippen LogP contribution in [0.3, 0.4) is 0 Å². The fraction of sp³-hybridized carbons (Fsp3) is 0.182. The number of rotatable bonds is 11. The Bertz CT molecular complexity index is 1800. The summed E-state index contributed by atoms with van der Waals surface area (Å²) in [5.74, 6) is -0.661. The molecule has 44 heavy (non-hydrogen) atoms. The minimum atomic E-state index is -5.70. The van der Waals surface area contributed by atoms with Gasteiger partial charge in [-0.1, -0.05) is 96.2 Å². The molecule has 11 heteroatoms. The fourth-order valence-corrected chi connectivity index (χ4v) is 5.70. The van der Waals surface area contributed by atoms with Crippen molar-refractivity contribution in [2.75, 3.05) is 7.11 Å². The highest BCUT2D eigenvalue weighted by Crippen LogP contribution is 2.59.